The quantitative estimate of drug-likeness (QED) is 0.846. The van der Waals surface area contributed by atoms with Crippen molar-refractivity contribution in [3.05, 3.63) is 0 Å². The third-order valence-corrected chi connectivity index (χ3v) is 3.29. The van der Waals surface area contributed by atoms with Gasteiger partial charge in [0.15, 0.2) is 0 Å². The summed E-state index contributed by atoms with van der Waals surface area (Å²) in [5.41, 5.74) is 5.72. The van der Waals surface area contributed by atoms with Crippen molar-refractivity contribution in [1.82, 2.24) is 15.0 Å². The minimum Gasteiger partial charge on any atom is -0.463 e. The Morgan fingerprint density at radius 3 is 2.68 bits per heavy atom. The molecule has 0 radical (unpaired) electrons. The lowest BCUT2D eigenvalue weighted by Crippen LogP contribution is -2.22. The molecule has 1 atom stereocenters. The van der Waals surface area contributed by atoms with Crippen LogP contribution in [0.5, 0.6) is 6.01 Å². The molecular formula is C13H23N5O. The summed E-state index contributed by atoms with van der Waals surface area (Å²) in [7, 11) is 0. The van der Waals surface area contributed by atoms with Crippen LogP contribution in [0, 0.1) is 5.92 Å². The molecule has 19 heavy (non-hydrogen) atoms. The molecule has 1 aliphatic heterocycles. The van der Waals surface area contributed by atoms with E-state index in [1.54, 1.807) is 0 Å². The molecule has 0 bridgehead atoms. The molecule has 1 aromatic heterocycles. The molecule has 6 nitrogen and oxygen atoms in total. The van der Waals surface area contributed by atoms with Crippen LogP contribution in [-0.2, 0) is 0 Å². The number of hydrogen-bond acceptors (Lipinski definition) is 6. The molecule has 0 spiro atoms. The van der Waals surface area contributed by atoms with Gasteiger partial charge in [0.25, 0.3) is 0 Å². The van der Waals surface area contributed by atoms with Crippen molar-refractivity contribution in [1.29, 1.82) is 0 Å². The molecular weight excluding hydrogens is 242 g/mol. The van der Waals surface area contributed by atoms with Crippen LogP contribution in [0.25, 0.3) is 0 Å². The highest BCUT2D eigenvalue weighted by Crippen LogP contribution is 2.19. The monoisotopic (exact) mass is 265 g/mol. The molecule has 2 rings (SSSR count). The van der Waals surface area contributed by atoms with Gasteiger partial charge in [-0.15, -0.1) is 0 Å². The molecule has 106 valence electrons. The fourth-order valence-corrected chi connectivity index (χ4v) is 2.28. The number of nitrogen functional groups attached to an aromatic ring is 1. The number of ether oxygens (including phenoxy) is 1. The van der Waals surface area contributed by atoms with Gasteiger partial charge in [0.1, 0.15) is 0 Å². The summed E-state index contributed by atoms with van der Waals surface area (Å²) in [5.74, 6) is 1.37. The maximum atomic E-state index is 5.72. The Morgan fingerprint density at radius 1 is 1.26 bits per heavy atom. The molecule has 1 fully saturated rings. The van der Waals surface area contributed by atoms with E-state index in [1.807, 2.05) is 0 Å². The normalized spacial score (nSPS) is 16.6. The molecule has 2 N–H and O–H groups in total. The highest BCUT2D eigenvalue weighted by atomic mass is 16.5. The van der Waals surface area contributed by atoms with Gasteiger partial charge in [-0.1, -0.05) is 20.3 Å². The minimum absolute atomic E-state index is 0.232. The summed E-state index contributed by atoms with van der Waals surface area (Å²) < 4.78 is 5.63. The van der Waals surface area contributed by atoms with Gasteiger partial charge in [0.2, 0.25) is 11.9 Å². The van der Waals surface area contributed by atoms with Crippen molar-refractivity contribution >= 4 is 11.9 Å². The third-order valence-electron chi connectivity index (χ3n) is 3.29. The van der Waals surface area contributed by atoms with Gasteiger partial charge in [-0.25, -0.2) is 0 Å². The summed E-state index contributed by atoms with van der Waals surface area (Å²) >= 11 is 0. The predicted molar refractivity (Wildman–Crippen MR) is 75.3 cm³/mol. The predicted octanol–water partition coefficient (Wildman–Crippen LogP) is 1.87. The van der Waals surface area contributed by atoms with E-state index < -0.39 is 0 Å². The standard InChI is InChI=1S/C13H23N5O/c1-3-6-10(2)9-19-13-16-11(14)15-12(17-13)18-7-4-5-8-18/h10H,3-9H2,1-2H3,(H2,14,15,16,17). The van der Waals surface area contributed by atoms with Crippen LogP contribution in [-0.4, -0.2) is 34.6 Å². The zero-order valence-corrected chi connectivity index (χ0v) is 11.8. The van der Waals surface area contributed by atoms with Crippen molar-refractivity contribution in [2.45, 2.75) is 39.5 Å². The second kappa shape index (κ2) is 6.54. The average Bonchev–Trinajstić information content (AvgIpc) is 2.90. The van der Waals surface area contributed by atoms with E-state index >= 15 is 0 Å². The molecule has 6 heteroatoms. The topological polar surface area (TPSA) is 77.2 Å². The number of anilines is 2. The van der Waals surface area contributed by atoms with Crippen molar-refractivity contribution in [3.63, 3.8) is 0 Å². The fraction of sp³-hybridized carbons (Fsp3) is 0.769. The molecule has 0 saturated carbocycles. The summed E-state index contributed by atoms with van der Waals surface area (Å²) in [4.78, 5) is 14.7. The van der Waals surface area contributed by atoms with E-state index in [9.17, 15) is 0 Å². The van der Waals surface area contributed by atoms with Crippen LogP contribution < -0.4 is 15.4 Å². The Kier molecular flexibility index (Phi) is 4.76. The highest BCUT2D eigenvalue weighted by Gasteiger charge is 2.17. The first-order valence-electron chi connectivity index (χ1n) is 7.08. The second-order valence-corrected chi connectivity index (χ2v) is 5.18. The Balaban J connectivity index is 2.00. The molecule has 1 saturated heterocycles. The lowest BCUT2D eigenvalue weighted by molar-refractivity contribution is 0.233. The molecule has 1 aliphatic rings. The van der Waals surface area contributed by atoms with E-state index in [0.717, 1.165) is 25.9 Å². The summed E-state index contributed by atoms with van der Waals surface area (Å²) in [6, 6.07) is 0.345. The molecule has 0 aliphatic carbocycles. The molecule has 1 unspecified atom stereocenters. The fourth-order valence-electron chi connectivity index (χ4n) is 2.28. The van der Waals surface area contributed by atoms with Crippen LogP contribution in [0.15, 0.2) is 0 Å². The van der Waals surface area contributed by atoms with Crippen LogP contribution in [0.2, 0.25) is 0 Å². The minimum atomic E-state index is 0.232. The smallest absolute Gasteiger partial charge is 0.323 e. The number of nitrogens with zero attached hydrogens (tertiary/aromatic N) is 4. The lowest BCUT2D eigenvalue weighted by Gasteiger charge is -2.16. The first-order valence-corrected chi connectivity index (χ1v) is 7.08. The van der Waals surface area contributed by atoms with Crippen molar-refractivity contribution in [2.75, 3.05) is 30.3 Å². The zero-order chi connectivity index (χ0) is 13.7. The van der Waals surface area contributed by atoms with Crippen LogP contribution in [0.3, 0.4) is 0 Å². The molecule has 1 aromatic rings. The number of rotatable bonds is 6. The van der Waals surface area contributed by atoms with E-state index in [1.165, 1.54) is 12.8 Å². The Hall–Kier alpha value is -1.59. The largest absolute Gasteiger partial charge is 0.463 e. The van der Waals surface area contributed by atoms with Gasteiger partial charge in [-0.3, -0.25) is 0 Å². The first-order chi connectivity index (χ1) is 9.19. The average molecular weight is 265 g/mol. The Bertz CT molecular complexity index is 406. The number of hydrogen-bond donors (Lipinski definition) is 1. The Morgan fingerprint density at radius 2 is 2.00 bits per heavy atom. The van der Waals surface area contributed by atoms with Crippen LogP contribution in [0.4, 0.5) is 11.9 Å². The molecule has 2 heterocycles. The number of aromatic nitrogens is 3. The van der Waals surface area contributed by atoms with Crippen molar-refractivity contribution in [3.8, 4) is 6.01 Å². The SMILES string of the molecule is CCCC(C)COc1nc(N)nc(N2CCCC2)n1. The maximum absolute atomic E-state index is 5.72. The summed E-state index contributed by atoms with van der Waals surface area (Å²) in [5, 5.41) is 0. The van der Waals surface area contributed by atoms with Gasteiger partial charge in [-0.2, -0.15) is 15.0 Å². The maximum Gasteiger partial charge on any atom is 0.323 e. The summed E-state index contributed by atoms with van der Waals surface area (Å²) in [6.07, 6.45) is 4.65. The van der Waals surface area contributed by atoms with Gasteiger partial charge in [0.05, 0.1) is 6.61 Å². The lowest BCUT2D eigenvalue weighted by atomic mass is 10.1. The summed E-state index contributed by atoms with van der Waals surface area (Å²) in [6.45, 7) is 6.92. The third kappa shape index (κ3) is 3.94. The van der Waals surface area contributed by atoms with Gasteiger partial charge in [0, 0.05) is 13.1 Å². The second-order valence-electron chi connectivity index (χ2n) is 5.18. The Labute approximate surface area is 114 Å². The van der Waals surface area contributed by atoms with E-state index in [0.29, 0.717) is 24.5 Å². The van der Waals surface area contributed by atoms with Crippen LogP contribution >= 0.6 is 0 Å². The van der Waals surface area contributed by atoms with Crippen LogP contribution in [0.1, 0.15) is 39.5 Å². The highest BCUT2D eigenvalue weighted by molar-refractivity contribution is 5.36. The van der Waals surface area contributed by atoms with Crippen molar-refractivity contribution < 1.29 is 4.74 Å². The van der Waals surface area contributed by atoms with E-state index in [-0.39, 0.29) is 5.95 Å². The van der Waals surface area contributed by atoms with Gasteiger partial charge >= 0.3 is 6.01 Å². The van der Waals surface area contributed by atoms with Gasteiger partial charge < -0.3 is 15.4 Å². The van der Waals surface area contributed by atoms with E-state index in [2.05, 4.69) is 33.7 Å². The number of nitrogens with two attached hydrogens (primary N) is 1. The molecule has 0 amide bonds. The van der Waals surface area contributed by atoms with E-state index in [4.69, 9.17) is 10.5 Å². The zero-order valence-electron chi connectivity index (χ0n) is 11.8. The van der Waals surface area contributed by atoms with Crippen molar-refractivity contribution in [2.24, 2.45) is 5.92 Å². The molecule has 0 aromatic carbocycles. The van der Waals surface area contributed by atoms with Gasteiger partial charge in [-0.05, 0) is 25.2 Å². The first kappa shape index (κ1) is 13.8.